The second-order valence-electron chi connectivity index (χ2n) is 5.64. The number of carbonyl (C=O) groups is 2. The summed E-state index contributed by atoms with van der Waals surface area (Å²) in [6, 6.07) is 10.4. The minimum atomic E-state index is -0.688. The van der Waals surface area contributed by atoms with Crippen molar-refractivity contribution in [1.82, 2.24) is 10.2 Å². The summed E-state index contributed by atoms with van der Waals surface area (Å²) in [6.45, 7) is 3.18. The largest absolute Gasteiger partial charge is 0.482 e. The van der Waals surface area contributed by atoms with E-state index in [4.69, 9.17) is 13.9 Å². The fourth-order valence-electron chi connectivity index (χ4n) is 2.26. The lowest BCUT2D eigenvalue weighted by molar-refractivity contribution is -0.152. The monoisotopic (exact) mass is 386 g/mol. The van der Waals surface area contributed by atoms with E-state index in [0.717, 1.165) is 4.88 Å². The van der Waals surface area contributed by atoms with Crippen molar-refractivity contribution in [1.29, 1.82) is 0 Å². The highest BCUT2D eigenvalue weighted by Crippen LogP contribution is 2.25. The Hall–Kier alpha value is -3.00. The highest BCUT2D eigenvalue weighted by Gasteiger charge is 2.19. The van der Waals surface area contributed by atoms with Crippen molar-refractivity contribution in [2.75, 3.05) is 6.61 Å². The molecule has 0 amide bonds. The predicted octanol–water partition coefficient (Wildman–Crippen LogP) is 4.07. The van der Waals surface area contributed by atoms with Crippen molar-refractivity contribution in [2.45, 2.75) is 26.4 Å². The van der Waals surface area contributed by atoms with E-state index in [-0.39, 0.29) is 18.3 Å². The maximum atomic E-state index is 12.0. The SMILES string of the molecule is CCC(=O)c1ccc(OCC(=O)O[C@H](C)c2nnc(-c3cccs3)o2)cc1. The number of nitrogens with zero attached hydrogens (tertiary/aromatic N) is 2. The van der Waals surface area contributed by atoms with Crippen molar-refractivity contribution in [3.8, 4) is 16.5 Å². The Bertz CT molecular complexity index is 903. The number of ketones is 1. The van der Waals surface area contributed by atoms with Crippen LogP contribution in [0.3, 0.4) is 0 Å². The first kappa shape index (κ1) is 18.8. The fourth-order valence-corrected chi connectivity index (χ4v) is 2.91. The van der Waals surface area contributed by atoms with Gasteiger partial charge in [-0.05, 0) is 42.6 Å². The van der Waals surface area contributed by atoms with Gasteiger partial charge in [0.25, 0.3) is 11.8 Å². The van der Waals surface area contributed by atoms with E-state index >= 15 is 0 Å². The lowest BCUT2D eigenvalue weighted by Crippen LogP contribution is -2.17. The van der Waals surface area contributed by atoms with E-state index in [1.165, 1.54) is 11.3 Å². The molecule has 0 unspecified atom stereocenters. The molecule has 8 heteroatoms. The van der Waals surface area contributed by atoms with Gasteiger partial charge in [-0.15, -0.1) is 21.5 Å². The molecule has 7 nitrogen and oxygen atoms in total. The predicted molar refractivity (Wildman–Crippen MR) is 98.7 cm³/mol. The Morgan fingerprint density at radius 1 is 1.19 bits per heavy atom. The van der Waals surface area contributed by atoms with Crippen molar-refractivity contribution in [3.63, 3.8) is 0 Å². The van der Waals surface area contributed by atoms with Crippen LogP contribution in [-0.2, 0) is 9.53 Å². The second kappa shape index (κ2) is 8.59. The molecule has 3 rings (SSSR count). The van der Waals surface area contributed by atoms with E-state index in [2.05, 4.69) is 10.2 Å². The van der Waals surface area contributed by atoms with E-state index in [9.17, 15) is 9.59 Å². The average molecular weight is 386 g/mol. The zero-order chi connectivity index (χ0) is 19.2. The van der Waals surface area contributed by atoms with Gasteiger partial charge in [0.1, 0.15) is 5.75 Å². The Kier molecular flexibility index (Phi) is 5.97. The molecule has 0 saturated heterocycles. The number of ether oxygens (including phenoxy) is 2. The summed E-state index contributed by atoms with van der Waals surface area (Å²) in [5.74, 6) is 0.573. The molecule has 27 heavy (non-hydrogen) atoms. The van der Waals surface area contributed by atoms with Crippen molar-refractivity contribution in [3.05, 3.63) is 53.2 Å². The lowest BCUT2D eigenvalue weighted by atomic mass is 10.1. The van der Waals surface area contributed by atoms with E-state index in [0.29, 0.717) is 23.6 Å². The molecule has 0 aliphatic heterocycles. The van der Waals surface area contributed by atoms with E-state index < -0.39 is 12.1 Å². The highest BCUT2D eigenvalue weighted by atomic mass is 32.1. The number of Topliss-reactive ketones (excluding diaryl/α,β-unsaturated/α-hetero) is 1. The first-order valence-electron chi connectivity index (χ1n) is 8.39. The van der Waals surface area contributed by atoms with Crippen LogP contribution >= 0.6 is 11.3 Å². The molecule has 3 aromatic rings. The second-order valence-corrected chi connectivity index (χ2v) is 6.59. The van der Waals surface area contributed by atoms with Gasteiger partial charge in [0.15, 0.2) is 18.5 Å². The van der Waals surface area contributed by atoms with Gasteiger partial charge in [-0.3, -0.25) is 4.79 Å². The van der Waals surface area contributed by atoms with Crippen molar-refractivity contribution in [2.24, 2.45) is 0 Å². The Balaban J connectivity index is 1.51. The van der Waals surface area contributed by atoms with Crippen LogP contribution in [0, 0.1) is 0 Å². The van der Waals surface area contributed by atoms with Crippen LogP contribution in [0.4, 0.5) is 0 Å². The summed E-state index contributed by atoms with van der Waals surface area (Å²) in [7, 11) is 0. The molecule has 140 valence electrons. The quantitative estimate of drug-likeness (QED) is 0.425. The van der Waals surface area contributed by atoms with Crippen LogP contribution in [0.5, 0.6) is 5.75 Å². The van der Waals surface area contributed by atoms with E-state index in [1.807, 2.05) is 17.5 Å². The maximum Gasteiger partial charge on any atom is 0.344 e. The summed E-state index contributed by atoms with van der Waals surface area (Å²) in [4.78, 5) is 24.4. The standard InChI is InChI=1S/C19H18N2O5S/c1-3-15(22)13-6-8-14(9-7-13)24-11-17(23)25-12(2)18-20-21-19(26-18)16-5-4-10-27-16/h4-10,12H,3,11H2,1-2H3/t12-/m1/s1. The summed E-state index contributed by atoms with van der Waals surface area (Å²) < 4.78 is 16.2. The summed E-state index contributed by atoms with van der Waals surface area (Å²) in [5, 5.41) is 9.78. The minimum Gasteiger partial charge on any atom is -0.482 e. The van der Waals surface area contributed by atoms with Crippen LogP contribution in [0.1, 0.15) is 42.6 Å². The maximum absolute atomic E-state index is 12.0. The molecule has 0 aliphatic rings. The number of esters is 1. The molecule has 1 aromatic carbocycles. The smallest absolute Gasteiger partial charge is 0.344 e. The number of thiophene rings is 1. The van der Waals surface area contributed by atoms with E-state index in [1.54, 1.807) is 38.1 Å². The first-order valence-corrected chi connectivity index (χ1v) is 9.27. The number of benzene rings is 1. The Morgan fingerprint density at radius 3 is 2.63 bits per heavy atom. The summed E-state index contributed by atoms with van der Waals surface area (Å²) >= 11 is 1.48. The molecule has 0 N–H and O–H groups in total. The topological polar surface area (TPSA) is 91.5 Å². The molecule has 0 fully saturated rings. The third kappa shape index (κ3) is 4.79. The number of carbonyl (C=O) groups excluding carboxylic acids is 2. The number of aromatic nitrogens is 2. The van der Waals surface area contributed by atoms with Gasteiger partial charge in [0.2, 0.25) is 0 Å². The first-order chi connectivity index (χ1) is 13.1. The molecule has 2 heterocycles. The van der Waals surface area contributed by atoms with Gasteiger partial charge < -0.3 is 13.9 Å². The van der Waals surface area contributed by atoms with Gasteiger partial charge in [-0.25, -0.2) is 4.79 Å². The Morgan fingerprint density at radius 2 is 1.96 bits per heavy atom. The third-order valence-electron chi connectivity index (χ3n) is 3.68. The molecule has 0 aliphatic carbocycles. The third-order valence-corrected chi connectivity index (χ3v) is 4.54. The van der Waals surface area contributed by atoms with Crippen molar-refractivity contribution < 1.29 is 23.5 Å². The molecule has 1 atom stereocenters. The molecular weight excluding hydrogens is 368 g/mol. The molecule has 0 saturated carbocycles. The van der Waals surface area contributed by atoms with Crippen LogP contribution in [0.15, 0.2) is 46.2 Å². The van der Waals surface area contributed by atoms with Gasteiger partial charge >= 0.3 is 5.97 Å². The van der Waals surface area contributed by atoms with Crippen LogP contribution in [-0.4, -0.2) is 28.6 Å². The van der Waals surface area contributed by atoms with Crippen LogP contribution in [0.2, 0.25) is 0 Å². The lowest BCUT2D eigenvalue weighted by Gasteiger charge is -2.10. The van der Waals surface area contributed by atoms with Crippen LogP contribution < -0.4 is 4.74 Å². The van der Waals surface area contributed by atoms with Gasteiger partial charge in [0, 0.05) is 12.0 Å². The van der Waals surface area contributed by atoms with Crippen LogP contribution in [0.25, 0.3) is 10.8 Å². The molecule has 0 bridgehead atoms. The van der Waals surface area contributed by atoms with Gasteiger partial charge in [0.05, 0.1) is 4.88 Å². The molecule has 0 spiro atoms. The summed E-state index contributed by atoms with van der Waals surface area (Å²) in [5.41, 5.74) is 0.610. The molecule has 2 aromatic heterocycles. The zero-order valence-electron chi connectivity index (χ0n) is 14.9. The minimum absolute atomic E-state index is 0.0521. The van der Waals surface area contributed by atoms with Gasteiger partial charge in [-0.2, -0.15) is 0 Å². The number of hydrogen-bond donors (Lipinski definition) is 0. The van der Waals surface area contributed by atoms with Crippen molar-refractivity contribution >= 4 is 23.1 Å². The number of rotatable bonds is 8. The average Bonchev–Trinajstić information content (AvgIpc) is 3.37. The Labute approximate surface area is 159 Å². The molecule has 0 radical (unpaired) electrons. The molecular formula is C19H18N2O5S. The number of hydrogen-bond acceptors (Lipinski definition) is 8. The van der Waals surface area contributed by atoms with Gasteiger partial charge in [-0.1, -0.05) is 13.0 Å². The normalized spacial score (nSPS) is 11.8. The fraction of sp³-hybridized carbons (Fsp3) is 0.263. The summed E-state index contributed by atoms with van der Waals surface area (Å²) in [6.07, 6.45) is -0.249. The zero-order valence-corrected chi connectivity index (χ0v) is 15.7. The highest BCUT2D eigenvalue weighted by molar-refractivity contribution is 7.13.